The van der Waals surface area contributed by atoms with Gasteiger partial charge in [-0.3, -0.25) is 10.1 Å². The Labute approximate surface area is 92.1 Å². The highest BCUT2D eigenvalue weighted by molar-refractivity contribution is 5.49. The summed E-state index contributed by atoms with van der Waals surface area (Å²) in [6.07, 6.45) is 3.59. The summed E-state index contributed by atoms with van der Waals surface area (Å²) in [4.78, 5) is 10.0. The Morgan fingerprint density at radius 2 is 1.69 bits per heavy atom. The van der Waals surface area contributed by atoms with Gasteiger partial charge in [0.15, 0.2) is 12.4 Å². The molecule has 1 heterocycles. The monoisotopic (exact) mass is 215 g/mol. The molecule has 0 aliphatic carbocycles. The van der Waals surface area contributed by atoms with E-state index in [4.69, 9.17) is 0 Å². The molecule has 16 heavy (non-hydrogen) atoms. The molecule has 0 amide bonds. The maximum absolute atomic E-state index is 10.4. The zero-order valence-electron chi connectivity index (χ0n) is 8.35. The molecule has 2 rings (SSSR count). The second-order valence-electron chi connectivity index (χ2n) is 3.13. The first kappa shape index (κ1) is 10.1. The number of nitro groups is 1. The van der Waals surface area contributed by atoms with Crippen LogP contribution in [0.15, 0.2) is 54.9 Å². The lowest BCUT2D eigenvalue weighted by Gasteiger charge is -2.12. The Kier molecular flexibility index (Phi) is 2.77. The average Bonchev–Trinajstić information content (AvgIpc) is 2.31. The number of benzene rings is 1. The number of aromatic nitrogens is 1. The highest BCUT2D eigenvalue weighted by Gasteiger charge is 2.01. The standard InChI is InChI=1S/C11H9N3O2/c15-14(16)11-6-4-10(5-7-11)12-13-8-2-1-3-9-13/h1-9H. The number of rotatable bonds is 3. The van der Waals surface area contributed by atoms with Crippen LogP contribution in [0.3, 0.4) is 0 Å². The van der Waals surface area contributed by atoms with Crippen LogP contribution in [0.25, 0.3) is 5.43 Å². The third-order valence-electron chi connectivity index (χ3n) is 1.99. The topological polar surface area (TPSA) is 61.1 Å². The lowest BCUT2D eigenvalue weighted by molar-refractivity contribution is -0.619. The van der Waals surface area contributed by atoms with Crippen LogP contribution in [0, 0.1) is 10.1 Å². The van der Waals surface area contributed by atoms with Gasteiger partial charge in [0, 0.05) is 24.3 Å². The minimum Gasteiger partial charge on any atom is -0.405 e. The van der Waals surface area contributed by atoms with Crippen LogP contribution in [0.5, 0.6) is 0 Å². The Balaban J connectivity index is 2.14. The molecule has 2 aromatic rings. The van der Waals surface area contributed by atoms with Crippen molar-refractivity contribution in [3.8, 4) is 0 Å². The molecule has 1 aromatic carbocycles. The number of nitro benzene ring substituents is 1. The predicted molar refractivity (Wildman–Crippen MR) is 58.2 cm³/mol. The third-order valence-corrected chi connectivity index (χ3v) is 1.99. The summed E-state index contributed by atoms with van der Waals surface area (Å²) in [6, 6.07) is 11.7. The minimum absolute atomic E-state index is 0.0667. The number of non-ortho nitro benzene ring substituents is 1. The van der Waals surface area contributed by atoms with Gasteiger partial charge in [-0.25, -0.2) is 4.68 Å². The molecule has 5 heteroatoms. The van der Waals surface area contributed by atoms with E-state index in [1.54, 1.807) is 29.2 Å². The maximum Gasteiger partial charge on any atom is 0.269 e. The van der Waals surface area contributed by atoms with E-state index in [2.05, 4.69) is 5.43 Å². The molecule has 0 atom stereocenters. The van der Waals surface area contributed by atoms with Crippen LogP contribution in [0.1, 0.15) is 0 Å². The first-order valence-electron chi connectivity index (χ1n) is 4.68. The average molecular weight is 215 g/mol. The number of hydrogen-bond acceptors (Lipinski definition) is 2. The van der Waals surface area contributed by atoms with E-state index < -0.39 is 4.92 Å². The number of nitrogens with zero attached hydrogens (tertiary/aromatic N) is 3. The highest BCUT2D eigenvalue weighted by atomic mass is 16.6. The van der Waals surface area contributed by atoms with Gasteiger partial charge in [0.25, 0.3) is 5.69 Å². The zero-order valence-corrected chi connectivity index (χ0v) is 8.35. The van der Waals surface area contributed by atoms with Crippen molar-refractivity contribution in [1.29, 1.82) is 0 Å². The van der Waals surface area contributed by atoms with Gasteiger partial charge < -0.3 is 5.43 Å². The molecule has 0 saturated carbocycles. The van der Waals surface area contributed by atoms with Crippen molar-refractivity contribution in [3.05, 3.63) is 70.4 Å². The van der Waals surface area contributed by atoms with Crippen LogP contribution in [0.2, 0.25) is 0 Å². The van der Waals surface area contributed by atoms with Crippen molar-refractivity contribution >= 4 is 11.4 Å². The summed E-state index contributed by atoms with van der Waals surface area (Å²) in [6.45, 7) is 0. The first-order chi connectivity index (χ1) is 7.75. The molecular formula is C11H9N3O2. The Bertz CT molecular complexity index is 482. The number of pyridine rings is 1. The largest absolute Gasteiger partial charge is 0.405 e. The minimum atomic E-state index is -0.431. The molecule has 5 nitrogen and oxygen atoms in total. The van der Waals surface area contributed by atoms with E-state index in [1.807, 2.05) is 18.2 Å². The van der Waals surface area contributed by atoms with E-state index in [9.17, 15) is 10.1 Å². The normalized spacial score (nSPS) is 9.75. The second-order valence-corrected chi connectivity index (χ2v) is 3.13. The highest BCUT2D eigenvalue weighted by Crippen LogP contribution is 2.19. The molecule has 1 aromatic heterocycles. The molecule has 0 spiro atoms. The lowest BCUT2D eigenvalue weighted by atomic mass is 10.3. The fraction of sp³-hybridized carbons (Fsp3) is 0. The molecule has 0 aliphatic rings. The molecule has 80 valence electrons. The van der Waals surface area contributed by atoms with Crippen LogP contribution in [0.4, 0.5) is 11.4 Å². The summed E-state index contributed by atoms with van der Waals surface area (Å²) in [5.41, 5.74) is 4.97. The van der Waals surface area contributed by atoms with Crippen molar-refractivity contribution < 1.29 is 9.60 Å². The molecule has 0 saturated heterocycles. The van der Waals surface area contributed by atoms with E-state index >= 15 is 0 Å². The number of hydrogen-bond donors (Lipinski definition) is 0. The van der Waals surface area contributed by atoms with Gasteiger partial charge in [-0.05, 0) is 0 Å². The zero-order chi connectivity index (χ0) is 11.4. The Hall–Kier alpha value is -2.43. The van der Waals surface area contributed by atoms with Gasteiger partial charge in [-0.1, -0.05) is 23.9 Å². The summed E-state index contributed by atoms with van der Waals surface area (Å²) >= 11 is 0. The van der Waals surface area contributed by atoms with Gasteiger partial charge in [-0.15, -0.1) is 0 Å². The smallest absolute Gasteiger partial charge is 0.269 e. The SMILES string of the molecule is O=[N+]([O-])c1ccc([N-][n+]2ccccc2)cc1. The van der Waals surface area contributed by atoms with Gasteiger partial charge in [0.05, 0.1) is 4.92 Å². The molecule has 0 fully saturated rings. The van der Waals surface area contributed by atoms with Crippen LogP contribution >= 0.6 is 0 Å². The summed E-state index contributed by atoms with van der Waals surface area (Å²) in [5, 5.41) is 10.4. The van der Waals surface area contributed by atoms with Gasteiger partial charge in [0.1, 0.15) is 0 Å². The predicted octanol–water partition coefficient (Wildman–Crippen LogP) is 2.35. The van der Waals surface area contributed by atoms with E-state index in [1.165, 1.54) is 12.1 Å². The Morgan fingerprint density at radius 1 is 1.06 bits per heavy atom. The molecule has 0 radical (unpaired) electrons. The fourth-order valence-corrected chi connectivity index (χ4v) is 1.23. The summed E-state index contributed by atoms with van der Waals surface area (Å²) in [7, 11) is 0. The van der Waals surface area contributed by atoms with Gasteiger partial charge in [0.2, 0.25) is 0 Å². The third kappa shape index (κ3) is 2.33. The van der Waals surface area contributed by atoms with Crippen LogP contribution in [-0.4, -0.2) is 4.92 Å². The van der Waals surface area contributed by atoms with Crippen LogP contribution < -0.4 is 4.68 Å². The van der Waals surface area contributed by atoms with Crippen molar-refractivity contribution in [2.24, 2.45) is 0 Å². The van der Waals surface area contributed by atoms with Crippen molar-refractivity contribution in [2.75, 3.05) is 0 Å². The molecule has 0 unspecified atom stereocenters. The van der Waals surface area contributed by atoms with Crippen molar-refractivity contribution in [2.45, 2.75) is 0 Å². The van der Waals surface area contributed by atoms with E-state index in [0.717, 1.165) is 0 Å². The van der Waals surface area contributed by atoms with E-state index in [-0.39, 0.29) is 5.69 Å². The van der Waals surface area contributed by atoms with Gasteiger partial charge in [-0.2, -0.15) is 0 Å². The maximum atomic E-state index is 10.4. The van der Waals surface area contributed by atoms with Crippen molar-refractivity contribution in [3.63, 3.8) is 0 Å². The molecular weight excluding hydrogens is 206 g/mol. The van der Waals surface area contributed by atoms with Crippen molar-refractivity contribution in [1.82, 2.24) is 0 Å². The lowest BCUT2D eigenvalue weighted by Crippen LogP contribution is -2.25. The fourth-order valence-electron chi connectivity index (χ4n) is 1.23. The molecule has 0 bridgehead atoms. The summed E-state index contributed by atoms with van der Waals surface area (Å²) in [5.74, 6) is 0. The quantitative estimate of drug-likeness (QED) is 0.448. The Morgan fingerprint density at radius 3 is 2.25 bits per heavy atom. The first-order valence-corrected chi connectivity index (χ1v) is 4.68. The van der Waals surface area contributed by atoms with Crippen LogP contribution in [-0.2, 0) is 0 Å². The second kappa shape index (κ2) is 4.39. The molecule has 0 N–H and O–H groups in total. The van der Waals surface area contributed by atoms with Gasteiger partial charge >= 0.3 is 0 Å². The summed E-state index contributed by atoms with van der Waals surface area (Å²) < 4.78 is 1.64. The molecule has 0 aliphatic heterocycles. The van der Waals surface area contributed by atoms with E-state index in [0.29, 0.717) is 5.69 Å².